The van der Waals surface area contributed by atoms with Crippen molar-refractivity contribution in [1.82, 2.24) is 0 Å². The molecule has 2 aromatic rings. The third kappa shape index (κ3) is 3.64. The Kier molecular flexibility index (Phi) is 4.38. The lowest BCUT2D eigenvalue weighted by atomic mass is 9.99. The second kappa shape index (κ2) is 5.85. The maximum Gasteiger partial charge on any atom is 0.167 e. The Bertz CT molecular complexity index is 620. The van der Waals surface area contributed by atoms with Gasteiger partial charge in [0.2, 0.25) is 0 Å². The van der Waals surface area contributed by atoms with Crippen molar-refractivity contribution in [2.24, 2.45) is 0 Å². The molecule has 2 aromatic carbocycles. The van der Waals surface area contributed by atoms with Gasteiger partial charge in [0.1, 0.15) is 5.82 Å². The minimum absolute atomic E-state index is 0.0862. The number of carbonyl (C=O) groups excluding carboxylic acids is 1. The summed E-state index contributed by atoms with van der Waals surface area (Å²) in [5, 5.41) is 0.494. The monoisotopic (exact) mass is 340 g/mol. The molecule has 4 heteroatoms. The molecule has 2 rings (SSSR count). The predicted octanol–water partition coefficient (Wildman–Crippen LogP) is 4.98. The van der Waals surface area contributed by atoms with E-state index in [2.05, 4.69) is 15.9 Å². The van der Waals surface area contributed by atoms with E-state index < -0.39 is 0 Å². The van der Waals surface area contributed by atoms with Crippen LogP contribution in [-0.4, -0.2) is 5.78 Å². The summed E-state index contributed by atoms with van der Waals surface area (Å²) in [5.74, 6) is -0.419. The highest BCUT2D eigenvalue weighted by molar-refractivity contribution is 9.10. The largest absolute Gasteiger partial charge is 0.294 e. The summed E-state index contributed by atoms with van der Waals surface area (Å²) in [4.78, 5) is 12.2. The molecule has 0 amide bonds. The average Bonchev–Trinajstić information content (AvgIpc) is 2.32. The number of halogens is 3. The molecule has 0 fully saturated rings. The molecule has 0 saturated heterocycles. The van der Waals surface area contributed by atoms with Gasteiger partial charge in [0.05, 0.1) is 0 Å². The van der Waals surface area contributed by atoms with Gasteiger partial charge in [-0.3, -0.25) is 4.79 Å². The van der Waals surface area contributed by atoms with E-state index in [1.165, 1.54) is 12.1 Å². The highest BCUT2D eigenvalue weighted by atomic mass is 79.9. The first kappa shape index (κ1) is 14.2. The van der Waals surface area contributed by atoms with Crippen molar-refractivity contribution in [3.8, 4) is 0 Å². The molecule has 0 heterocycles. The van der Waals surface area contributed by atoms with Crippen LogP contribution in [0.2, 0.25) is 5.02 Å². The number of rotatable bonds is 3. The van der Waals surface area contributed by atoms with Crippen LogP contribution in [0.5, 0.6) is 0 Å². The highest BCUT2D eigenvalue weighted by Crippen LogP contribution is 2.21. The first-order chi connectivity index (χ1) is 8.95. The smallest absolute Gasteiger partial charge is 0.167 e. The molecule has 0 saturated carbocycles. The van der Waals surface area contributed by atoms with Gasteiger partial charge in [0.25, 0.3) is 0 Å². The van der Waals surface area contributed by atoms with Crippen LogP contribution in [0.25, 0.3) is 0 Å². The third-order valence-corrected chi connectivity index (χ3v) is 3.52. The summed E-state index contributed by atoms with van der Waals surface area (Å²) in [6.07, 6.45) is 0.163. The van der Waals surface area contributed by atoms with E-state index in [4.69, 9.17) is 11.6 Å². The maximum atomic E-state index is 13.2. The minimum Gasteiger partial charge on any atom is -0.294 e. The van der Waals surface area contributed by atoms with Gasteiger partial charge in [-0.1, -0.05) is 33.6 Å². The fraction of sp³-hybridized carbons (Fsp3) is 0.133. The van der Waals surface area contributed by atoms with Gasteiger partial charge in [-0.2, -0.15) is 0 Å². The highest BCUT2D eigenvalue weighted by Gasteiger charge is 2.11. The van der Waals surface area contributed by atoms with Crippen molar-refractivity contribution < 1.29 is 9.18 Å². The number of hydrogen-bond donors (Lipinski definition) is 0. The van der Waals surface area contributed by atoms with Gasteiger partial charge in [-0.25, -0.2) is 4.39 Å². The second-order valence-electron chi connectivity index (χ2n) is 4.33. The molecule has 0 aliphatic carbocycles. The van der Waals surface area contributed by atoms with Crippen molar-refractivity contribution >= 4 is 33.3 Å². The van der Waals surface area contributed by atoms with Crippen LogP contribution in [-0.2, 0) is 6.42 Å². The topological polar surface area (TPSA) is 17.1 Å². The quantitative estimate of drug-likeness (QED) is 0.720. The third-order valence-electron chi connectivity index (χ3n) is 2.85. The second-order valence-corrected chi connectivity index (χ2v) is 5.68. The Balaban J connectivity index is 2.28. The number of benzene rings is 2. The number of Topliss-reactive ketones (excluding diaryl/α,β-unsaturated/α-hetero) is 1. The van der Waals surface area contributed by atoms with Gasteiger partial charge in [0.15, 0.2) is 5.78 Å². The average molecular weight is 342 g/mol. The summed E-state index contributed by atoms with van der Waals surface area (Å²) in [6, 6.07) is 9.50. The van der Waals surface area contributed by atoms with E-state index in [1.807, 2.05) is 6.92 Å². The molecule has 0 unspecified atom stereocenters. The summed E-state index contributed by atoms with van der Waals surface area (Å²) < 4.78 is 13.9. The fourth-order valence-electron chi connectivity index (χ4n) is 1.82. The van der Waals surface area contributed by atoms with Gasteiger partial charge >= 0.3 is 0 Å². The number of carbonyl (C=O) groups is 1. The van der Waals surface area contributed by atoms with Crippen molar-refractivity contribution in [2.45, 2.75) is 13.3 Å². The number of ketones is 1. The zero-order chi connectivity index (χ0) is 14.0. The lowest BCUT2D eigenvalue weighted by Crippen LogP contribution is -2.05. The molecule has 0 aliphatic heterocycles. The molecule has 0 atom stereocenters. The van der Waals surface area contributed by atoms with E-state index in [0.717, 1.165) is 10.0 Å². The molecule has 0 aromatic heterocycles. The minimum atomic E-state index is -0.333. The van der Waals surface area contributed by atoms with Gasteiger partial charge in [0, 0.05) is 21.5 Å². The van der Waals surface area contributed by atoms with Crippen molar-refractivity contribution in [2.75, 3.05) is 0 Å². The summed E-state index contributed by atoms with van der Waals surface area (Å²) in [5.41, 5.74) is 2.11. The van der Waals surface area contributed by atoms with E-state index in [0.29, 0.717) is 16.1 Å². The Labute approximate surface area is 124 Å². The van der Waals surface area contributed by atoms with Crippen LogP contribution < -0.4 is 0 Å². The lowest BCUT2D eigenvalue weighted by molar-refractivity contribution is 0.0992. The molecule has 98 valence electrons. The summed E-state index contributed by atoms with van der Waals surface area (Å²) >= 11 is 9.21. The Morgan fingerprint density at radius 3 is 2.68 bits per heavy atom. The standard InChI is InChI=1S/C15H11BrClFO/c1-9-2-3-14(18)6-10(9)7-15(19)11-4-12(16)8-13(17)5-11/h2-6,8H,7H2,1H3. The molecule has 1 nitrogen and oxygen atoms in total. The first-order valence-corrected chi connectivity index (χ1v) is 6.87. The molecule has 19 heavy (non-hydrogen) atoms. The Hall–Kier alpha value is -1.19. The SMILES string of the molecule is Cc1ccc(F)cc1CC(=O)c1cc(Cl)cc(Br)c1. The molecule has 0 aliphatic rings. The number of aryl methyl sites for hydroxylation is 1. The van der Waals surface area contributed by atoms with Gasteiger partial charge in [-0.05, 0) is 48.4 Å². The van der Waals surface area contributed by atoms with Crippen LogP contribution in [0.15, 0.2) is 40.9 Å². The molecular weight excluding hydrogens is 331 g/mol. The molecule has 0 bridgehead atoms. The van der Waals surface area contributed by atoms with Crippen LogP contribution in [0, 0.1) is 12.7 Å². The van der Waals surface area contributed by atoms with Crippen molar-refractivity contribution in [3.63, 3.8) is 0 Å². The molecular formula is C15H11BrClFO. The van der Waals surface area contributed by atoms with Gasteiger partial charge in [-0.15, -0.1) is 0 Å². The Morgan fingerprint density at radius 2 is 2.00 bits per heavy atom. The molecule has 0 radical (unpaired) electrons. The van der Waals surface area contributed by atoms with E-state index in [9.17, 15) is 9.18 Å². The normalized spacial score (nSPS) is 10.5. The zero-order valence-electron chi connectivity index (χ0n) is 10.2. The van der Waals surface area contributed by atoms with E-state index in [1.54, 1.807) is 24.3 Å². The van der Waals surface area contributed by atoms with Crippen LogP contribution in [0.4, 0.5) is 4.39 Å². The maximum absolute atomic E-state index is 13.2. The molecule has 0 spiro atoms. The zero-order valence-corrected chi connectivity index (χ0v) is 12.6. The summed E-state index contributed by atoms with van der Waals surface area (Å²) in [7, 11) is 0. The van der Waals surface area contributed by atoms with Crippen molar-refractivity contribution in [3.05, 3.63) is 68.4 Å². The summed E-state index contributed by atoms with van der Waals surface area (Å²) in [6.45, 7) is 1.86. The van der Waals surface area contributed by atoms with E-state index >= 15 is 0 Å². The van der Waals surface area contributed by atoms with Crippen LogP contribution in [0.1, 0.15) is 21.5 Å². The van der Waals surface area contributed by atoms with Crippen LogP contribution >= 0.6 is 27.5 Å². The lowest BCUT2D eigenvalue weighted by Gasteiger charge is -2.06. The first-order valence-electron chi connectivity index (χ1n) is 5.70. The number of hydrogen-bond acceptors (Lipinski definition) is 1. The van der Waals surface area contributed by atoms with E-state index in [-0.39, 0.29) is 18.0 Å². The molecule has 0 N–H and O–H groups in total. The van der Waals surface area contributed by atoms with Gasteiger partial charge < -0.3 is 0 Å². The van der Waals surface area contributed by atoms with Crippen molar-refractivity contribution in [1.29, 1.82) is 0 Å². The Morgan fingerprint density at radius 1 is 1.26 bits per heavy atom. The van der Waals surface area contributed by atoms with Crippen LogP contribution in [0.3, 0.4) is 0 Å². The predicted molar refractivity (Wildman–Crippen MR) is 78.3 cm³/mol. The fourth-order valence-corrected chi connectivity index (χ4v) is 2.68.